The molecule has 0 spiro atoms. The lowest BCUT2D eigenvalue weighted by Gasteiger charge is -2.20. The zero-order valence-electron chi connectivity index (χ0n) is 12.5. The first-order valence-corrected chi connectivity index (χ1v) is 10.2. The van der Waals surface area contributed by atoms with Crippen molar-refractivity contribution in [1.29, 1.82) is 0 Å². The van der Waals surface area contributed by atoms with Gasteiger partial charge in [-0.25, -0.2) is 8.42 Å². The predicted octanol–water partition coefficient (Wildman–Crippen LogP) is 3.78. The lowest BCUT2D eigenvalue weighted by atomic mass is 10.0. The van der Waals surface area contributed by atoms with Crippen LogP contribution in [0.3, 0.4) is 0 Å². The molecule has 0 bridgehead atoms. The van der Waals surface area contributed by atoms with Crippen LogP contribution in [0.5, 0.6) is 0 Å². The van der Waals surface area contributed by atoms with E-state index < -0.39 is 9.84 Å². The fraction of sp³-hybridized carbons (Fsp3) is 0.625. The first-order valence-electron chi connectivity index (χ1n) is 7.75. The molecule has 3 nitrogen and oxygen atoms in total. The van der Waals surface area contributed by atoms with Crippen molar-refractivity contribution in [3.05, 3.63) is 28.7 Å². The quantitative estimate of drug-likeness (QED) is 0.790. The number of nitrogens with one attached hydrogen (secondary N) is 1. The lowest BCUT2D eigenvalue weighted by Crippen LogP contribution is -2.33. The third kappa shape index (κ3) is 4.54. The van der Waals surface area contributed by atoms with Gasteiger partial charge in [0.25, 0.3) is 0 Å². The van der Waals surface area contributed by atoms with E-state index in [-0.39, 0.29) is 5.75 Å². The Balaban J connectivity index is 1.97. The van der Waals surface area contributed by atoms with E-state index in [9.17, 15) is 8.42 Å². The van der Waals surface area contributed by atoms with Crippen LogP contribution in [0.2, 0.25) is 0 Å². The van der Waals surface area contributed by atoms with Crippen LogP contribution in [-0.2, 0) is 9.84 Å². The minimum absolute atomic E-state index is 0.241. The van der Waals surface area contributed by atoms with Gasteiger partial charge in [-0.05, 0) is 66.2 Å². The number of benzene rings is 1. The second-order valence-electron chi connectivity index (χ2n) is 5.79. The number of hydrogen-bond acceptors (Lipinski definition) is 3. The second kappa shape index (κ2) is 7.75. The highest BCUT2D eigenvalue weighted by atomic mass is 79.9. The molecule has 2 unspecified atom stereocenters. The smallest absolute Gasteiger partial charge is 0.179 e. The van der Waals surface area contributed by atoms with Gasteiger partial charge < -0.3 is 5.32 Å². The number of rotatable bonds is 7. The summed E-state index contributed by atoms with van der Waals surface area (Å²) in [7, 11) is -3.20. The molecular formula is C16H24BrNO2S. The molecule has 1 saturated carbocycles. The Morgan fingerprint density at radius 2 is 2.05 bits per heavy atom. The Kier molecular flexibility index (Phi) is 6.26. The first kappa shape index (κ1) is 17.0. The van der Waals surface area contributed by atoms with E-state index in [0.29, 0.717) is 21.3 Å². The fourth-order valence-corrected chi connectivity index (χ4v) is 5.60. The Bertz CT molecular complexity index is 559. The highest BCUT2D eigenvalue weighted by Crippen LogP contribution is 2.30. The highest BCUT2D eigenvalue weighted by Gasteiger charge is 2.28. The minimum Gasteiger partial charge on any atom is -0.314 e. The summed E-state index contributed by atoms with van der Waals surface area (Å²) in [5, 5.41) is 3.56. The number of hydrogen-bond donors (Lipinski definition) is 1. The highest BCUT2D eigenvalue weighted by molar-refractivity contribution is 9.10. The number of sulfone groups is 1. The maximum atomic E-state index is 12.5. The molecule has 5 heteroatoms. The molecule has 1 aliphatic carbocycles. The van der Waals surface area contributed by atoms with Crippen LogP contribution < -0.4 is 5.32 Å². The van der Waals surface area contributed by atoms with Crippen molar-refractivity contribution in [2.75, 3.05) is 12.3 Å². The molecule has 118 valence electrons. The first-order chi connectivity index (χ1) is 10.0. The van der Waals surface area contributed by atoms with Gasteiger partial charge in [-0.3, -0.25) is 0 Å². The molecule has 0 saturated heterocycles. The van der Waals surface area contributed by atoms with E-state index >= 15 is 0 Å². The maximum Gasteiger partial charge on any atom is 0.179 e. The van der Waals surface area contributed by atoms with E-state index in [0.717, 1.165) is 25.8 Å². The van der Waals surface area contributed by atoms with Crippen molar-refractivity contribution in [2.24, 2.45) is 5.92 Å². The van der Waals surface area contributed by atoms with Crippen molar-refractivity contribution >= 4 is 25.8 Å². The van der Waals surface area contributed by atoms with Crippen molar-refractivity contribution in [2.45, 2.75) is 50.0 Å². The summed E-state index contributed by atoms with van der Waals surface area (Å²) in [6, 6.07) is 7.58. The molecule has 2 rings (SSSR count). The Morgan fingerprint density at radius 1 is 1.29 bits per heavy atom. The van der Waals surface area contributed by atoms with Crippen LogP contribution in [-0.4, -0.2) is 26.8 Å². The molecule has 1 fully saturated rings. The third-order valence-corrected chi connectivity index (χ3v) is 7.00. The Labute approximate surface area is 136 Å². The van der Waals surface area contributed by atoms with Gasteiger partial charge in [0, 0.05) is 10.5 Å². The largest absolute Gasteiger partial charge is 0.314 e. The van der Waals surface area contributed by atoms with E-state index in [2.05, 4.69) is 28.2 Å². The van der Waals surface area contributed by atoms with Gasteiger partial charge in [-0.2, -0.15) is 0 Å². The number of halogens is 1. The van der Waals surface area contributed by atoms with Gasteiger partial charge in [0.1, 0.15) is 0 Å². The van der Waals surface area contributed by atoms with Gasteiger partial charge in [-0.1, -0.05) is 25.5 Å². The second-order valence-corrected chi connectivity index (χ2v) is 8.72. The normalized spacial score (nSPS) is 22.6. The van der Waals surface area contributed by atoms with Crippen molar-refractivity contribution in [1.82, 2.24) is 5.32 Å². The molecule has 1 N–H and O–H groups in total. The fourth-order valence-electron chi connectivity index (χ4n) is 3.09. The Hall–Kier alpha value is -0.390. The van der Waals surface area contributed by atoms with Crippen LogP contribution in [0, 0.1) is 5.92 Å². The summed E-state index contributed by atoms with van der Waals surface area (Å²) in [5.74, 6) is 0.735. The summed E-state index contributed by atoms with van der Waals surface area (Å²) in [6.45, 7) is 3.19. The topological polar surface area (TPSA) is 46.2 Å². The van der Waals surface area contributed by atoms with Gasteiger partial charge >= 0.3 is 0 Å². The average molecular weight is 374 g/mol. The lowest BCUT2D eigenvalue weighted by molar-refractivity contribution is 0.391. The molecule has 0 aliphatic heterocycles. The monoisotopic (exact) mass is 373 g/mol. The van der Waals surface area contributed by atoms with Crippen molar-refractivity contribution in [3.63, 3.8) is 0 Å². The maximum absolute atomic E-state index is 12.5. The third-order valence-electron chi connectivity index (χ3n) is 4.24. The van der Waals surface area contributed by atoms with Gasteiger partial charge in [-0.15, -0.1) is 0 Å². The molecule has 0 heterocycles. The van der Waals surface area contributed by atoms with Crippen molar-refractivity contribution < 1.29 is 8.42 Å². The van der Waals surface area contributed by atoms with Crippen LogP contribution >= 0.6 is 15.9 Å². The average Bonchev–Trinajstić information content (AvgIpc) is 2.91. The molecule has 21 heavy (non-hydrogen) atoms. The molecule has 0 radical (unpaired) electrons. The van der Waals surface area contributed by atoms with Crippen LogP contribution in [0.15, 0.2) is 33.6 Å². The zero-order valence-corrected chi connectivity index (χ0v) is 14.9. The summed E-state index contributed by atoms with van der Waals surface area (Å²) >= 11 is 3.34. The minimum atomic E-state index is -3.20. The van der Waals surface area contributed by atoms with Crippen LogP contribution in [0.1, 0.15) is 39.0 Å². The summed E-state index contributed by atoms with van der Waals surface area (Å²) in [6.07, 6.45) is 5.41. The Morgan fingerprint density at radius 3 is 2.76 bits per heavy atom. The molecular weight excluding hydrogens is 350 g/mol. The van der Waals surface area contributed by atoms with E-state index in [1.807, 2.05) is 6.07 Å². The zero-order chi connectivity index (χ0) is 15.3. The molecule has 0 amide bonds. The SMILES string of the molecule is CCCNC1CCCC1CCS(=O)(=O)c1ccccc1Br. The van der Waals surface area contributed by atoms with Crippen molar-refractivity contribution in [3.8, 4) is 0 Å². The molecule has 0 aromatic heterocycles. The molecule has 1 aliphatic rings. The van der Waals surface area contributed by atoms with Gasteiger partial charge in [0.2, 0.25) is 0 Å². The standard InChI is InChI=1S/C16H24BrNO2S/c1-2-11-18-15-8-5-6-13(15)10-12-21(19,20)16-9-4-3-7-14(16)17/h3-4,7,9,13,15,18H,2,5-6,8,10-12H2,1H3. The van der Waals surface area contributed by atoms with E-state index in [4.69, 9.17) is 0 Å². The molecule has 2 atom stereocenters. The summed E-state index contributed by atoms with van der Waals surface area (Å²) in [5.41, 5.74) is 0. The van der Waals surface area contributed by atoms with Gasteiger partial charge in [0.05, 0.1) is 10.6 Å². The predicted molar refractivity (Wildman–Crippen MR) is 90.2 cm³/mol. The summed E-state index contributed by atoms with van der Waals surface area (Å²) < 4.78 is 25.6. The molecule has 1 aromatic rings. The summed E-state index contributed by atoms with van der Waals surface area (Å²) in [4.78, 5) is 0.418. The van der Waals surface area contributed by atoms with Gasteiger partial charge in [0.15, 0.2) is 9.84 Å². The van der Waals surface area contributed by atoms with E-state index in [1.165, 1.54) is 12.8 Å². The van der Waals surface area contributed by atoms with E-state index in [1.54, 1.807) is 18.2 Å². The van der Waals surface area contributed by atoms with Crippen LogP contribution in [0.25, 0.3) is 0 Å². The molecule has 1 aromatic carbocycles. The van der Waals surface area contributed by atoms with Crippen LogP contribution in [0.4, 0.5) is 0 Å².